The molecule has 0 aliphatic heterocycles. The van der Waals surface area contributed by atoms with Gasteiger partial charge in [0.1, 0.15) is 10.8 Å². The van der Waals surface area contributed by atoms with Gasteiger partial charge in [0.15, 0.2) is 5.43 Å². The molecule has 0 saturated heterocycles. The average molecular weight is 258 g/mol. The molecule has 1 aromatic rings. The van der Waals surface area contributed by atoms with Crippen molar-refractivity contribution in [2.45, 2.75) is 6.43 Å². The molecule has 1 aromatic heterocycles. The minimum absolute atomic E-state index is 0.0986. The number of halogens is 4. The second kappa shape index (κ2) is 3.53. The highest BCUT2D eigenvalue weighted by Crippen LogP contribution is 2.23. The van der Waals surface area contributed by atoms with Crippen LogP contribution in [0.3, 0.4) is 0 Å². The maximum absolute atomic E-state index is 12.1. The van der Waals surface area contributed by atoms with Gasteiger partial charge in [0, 0.05) is 6.07 Å². The molecule has 0 aliphatic rings. The van der Waals surface area contributed by atoms with Crippen molar-refractivity contribution in [2.75, 3.05) is 0 Å². The third-order valence-electron chi connectivity index (χ3n) is 1.18. The highest BCUT2D eigenvalue weighted by Gasteiger charge is 2.14. The maximum Gasteiger partial charge on any atom is 0.279 e. The summed E-state index contributed by atoms with van der Waals surface area (Å²) >= 11 is 8.09. The molecule has 0 unspecified atom stereocenters. The summed E-state index contributed by atoms with van der Waals surface area (Å²) in [6, 6.07) is 1.03. The van der Waals surface area contributed by atoms with Gasteiger partial charge in [-0.15, -0.1) is 0 Å². The SMILES string of the molecule is O=c1cc(Cl)[nH]c(C(F)F)c1Br. The van der Waals surface area contributed by atoms with Crippen molar-refractivity contribution in [3.8, 4) is 0 Å². The van der Waals surface area contributed by atoms with Gasteiger partial charge in [-0.1, -0.05) is 11.6 Å². The number of rotatable bonds is 1. The molecule has 0 spiro atoms. The number of alkyl halides is 2. The van der Waals surface area contributed by atoms with E-state index < -0.39 is 17.5 Å². The fourth-order valence-corrected chi connectivity index (χ4v) is 1.27. The van der Waals surface area contributed by atoms with Crippen molar-refractivity contribution in [1.82, 2.24) is 4.98 Å². The van der Waals surface area contributed by atoms with Crippen LogP contribution in [-0.4, -0.2) is 4.98 Å². The lowest BCUT2D eigenvalue weighted by Gasteiger charge is -2.02. The monoisotopic (exact) mass is 257 g/mol. The first-order valence-electron chi connectivity index (χ1n) is 2.88. The molecule has 1 rings (SSSR count). The summed E-state index contributed by atoms with van der Waals surface area (Å²) in [5.41, 5.74) is -1.05. The maximum atomic E-state index is 12.1. The molecule has 0 bridgehead atoms. The number of aromatic nitrogens is 1. The Bertz CT molecular complexity index is 352. The van der Waals surface area contributed by atoms with E-state index in [0.29, 0.717) is 0 Å². The summed E-state index contributed by atoms with van der Waals surface area (Å²) < 4.78 is 24.1. The van der Waals surface area contributed by atoms with Gasteiger partial charge < -0.3 is 4.98 Å². The zero-order chi connectivity index (χ0) is 9.30. The van der Waals surface area contributed by atoms with Crippen LogP contribution < -0.4 is 5.43 Å². The second-order valence-corrected chi connectivity index (χ2v) is 3.21. The fourth-order valence-electron chi connectivity index (χ4n) is 0.681. The predicted molar refractivity (Wildman–Crippen MR) is 44.7 cm³/mol. The highest BCUT2D eigenvalue weighted by molar-refractivity contribution is 9.10. The number of aromatic amines is 1. The van der Waals surface area contributed by atoms with Gasteiger partial charge in [0.05, 0.1) is 4.47 Å². The van der Waals surface area contributed by atoms with Crippen molar-refractivity contribution in [1.29, 1.82) is 0 Å². The average Bonchev–Trinajstić information content (AvgIpc) is 1.96. The Balaban J connectivity index is 3.38. The van der Waals surface area contributed by atoms with Crippen LogP contribution in [0.15, 0.2) is 15.3 Å². The molecule has 6 heteroatoms. The van der Waals surface area contributed by atoms with Crippen LogP contribution in [0, 0.1) is 0 Å². The molecule has 0 saturated carbocycles. The quantitative estimate of drug-likeness (QED) is 0.772. The first-order valence-corrected chi connectivity index (χ1v) is 4.06. The number of hydrogen-bond acceptors (Lipinski definition) is 1. The third kappa shape index (κ3) is 1.84. The van der Waals surface area contributed by atoms with Crippen LogP contribution in [0.25, 0.3) is 0 Å². The van der Waals surface area contributed by atoms with E-state index in [1.807, 2.05) is 0 Å². The zero-order valence-electron chi connectivity index (χ0n) is 5.57. The van der Waals surface area contributed by atoms with E-state index in [1.54, 1.807) is 0 Å². The largest absolute Gasteiger partial charge is 0.344 e. The molecule has 0 atom stereocenters. The lowest BCUT2D eigenvalue weighted by atomic mass is 10.3. The molecule has 0 fully saturated rings. The van der Waals surface area contributed by atoms with Crippen LogP contribution in [0.2, 0.25) is 5.15 Å². The van der Waals surface area contributed by atoms with Gasteiger partial charge in [-0.05, 0) is 15.9 Å². The van der Waals surface area contributed by atoms with Crippen LogP contribution in [0.4, 0.5) is 8.78 Å². The van der Waals surface area contributed by atoms with E-state index in [-0.39, 0.29) is 9.63 Å². The normalized spacial score (nSPS) is 10.8. The van der Waals surface area contributed by atoms with E-state index in [2.05, 4.69) is 20.9 Å². The minimum atomic E-state index is -2.74. The Hall–Kier alpha value is -0.420. The molecule has 1 heterocycles. The van der Waals surface area contributed by atoms with Crippen LogP contribution in [0.1, 0.15) is 12.1 Å². The highest BCUT2D eigenvalue weighted by atomic mass is 79.9. The summed E-state index contributed by atoms with van der Waals surface area (Å²) in [5, 5.41) is -0.0986. The standard InChI is InChI=1S/C6H3BrClF2NO/c7-4-2(12)1-3(8)11-5(4)6(9)10/h1,6H,(H,11,12). The number of hydrogen-bond donors (Lipinski definition) is 1. The van der Waals surface area contributed by atoms with Crippen LogP contribution in [0.5, 0.6) is 0 Å². The first kappa shape index (κ1) is 9.67. The molecule has 0 aromatic carbocycles. The van der Waals surface area contributed by atoms with Crippen molar-refractivity contribution < 1.29 is 8.78 Å². The van der Waals surface area contributed by atoms with E-state index >= 15 is 0 Å². The topological polar surface area (TPSA) is 32.9 Å². The van der Waals surface area contributed by atoms with Crippen LogP contribution in [-0.2, 0) is 0 Å². The van der Waals surface area contributed by atoms with Crippen molar-refractivity contribution >= 4 is 27.5 Å². The van der Waals surface area contributed by atoms with Gasteiger partial charge in [-0.25, -0.2) is 8.78 Å². The Morgan fingerprint density at radius 1 is 1.58 bits per heavy atom. The van der Waals surface area contributed by atoms with Gasteiger partial charge in [0.2, 0.25) is 0 Å². The summed E-state index contributed by atoms with van der Waals surface area (Å²) in [4.78, 5) is 13.1. The Morgan fingerprint density at radius 2 is 2.17 bits per heavy atom. The lowest BCUT2D eigenvalue weighted by molar-refractivity contribution is 0.145. The molecule has 0 aliphatic carbocycles. The molecule has 12 heavy (non-hydrogen) atoms. The van der Waals surface area contributed by atoms with E-state index in [4.69, 9.17) is 11.6 Å². The Labute approximate surface area is 79.7 Å². The third-order valence-corrected chi connectivity index (χ3v) is 2.20. The molecule has 0 amide bonds. The smallest absolute Gasteiger partial charge is 0.279 e. The Morgan fingerprint density at radius 3 is 2.67 bits per heavy atom. The number of pyridine rings is 1. The van der Waals surface area contributed by atoms with E-state index in [1.165, 1.54) is 0 Å². The minimum Gasteiger partial charge on any atom is -0.344 e. The van der Waals surface area contributed by atoms with Crippen molar-refractivity contribution in [2.24, 2.45) is 0 Å². The summed E-state index contributed by atoms with van der Waals surface area (Å²) in [7, 11) is 0. The molecule has 2 nitrogen and oxygen atoms in total. The van der Waals surface area contributed by atoms with Crippen molar-refractivity contribution in [3.05, 3.63) is 31.6 Å². The molecule has 66 valence electrons. The Kier molecular flexibility index (Phi) is 2.85. The molecule has 0 radical (unpaired) electrons. The van der Waals surface area contributed by atoms with E-state index in [0.717, 1.165) is 6.07 Å². The molecular formula is C6H3BrClF2NO. The lowest BCUT2D eigenvalue weighted by Crippen LogP contribution is -2.06. The summed E-state index contributed by atoms with van der Waals surface area (Å²) in [5.74, 6) is 0. The predicted octanol–water partition coefficient (Wildman–Crippen LogP) is 2.73. The molecular weight excluding hydrogens is 255 g/mol. The first-order chi connectivity index (χ1) is 5.52. The van der Waals surface area contributed by atoms with Crippen molar-refractivity contribution in [3.63, 3.8) is 0 Å². The van der Waals surface area contributed by atoms with Crippen LogP contribution >= 0.6 is 27.5 Å². The summed E-state index contributed by atoms with van der Waals surface area (Å²) in [6.07, 6.45) is -2.74. The number of H-pyrrole nitrogens is 1. The number of nitrogens with one attached hydrogen (secondary N) is 1. The van der Waals surface area contributed by atoms with Gasteiger partial charge in [-0.3, -0.25) is 4.79 Å². The zero-order valence-corrected chi connectivity index (χ0v) is 7.92. The van der Waals surface area contributed by atoms with E-state index in [9.17, 15) is 13.6 Å². The summed E-state index contributed by atoms with van der Waals surface area (Å²) in [6.45, 7) is 0. The molecule has 1 N–H and O–H groups in total. The second-order valence-electron chi connectivity index (χ2n) is 2.01. The van der Waals surface area contributed by atoms with Gasteiger partial charge >= 0.3 is 0 Å². The van der Waals surface area contributed by atoms with Gasteiger partial charge in [0.25, 0.3) is 6.43 Å². The fraction of sp³-hybridized carbons (Fsp3) is 0.167. The van der Waals surface area contributed by atoms with Gasteiger partial charge in [-0.2, -0.15) is 0 Å².